The topological polar surface area (TPSA) is 118 Å². The summed E-state index contributed by atoms with van der Waals surface area (Å²) in [7, 11) is 0. The summed E-state index contributed by atoms with van der Waals surface area (Å²) in [5.74, 6) is -1.69. The number of aromatic nitrogens is 3. The number of aromatic carboxylic acids is 1. The molecule has 0 spiro atoms. The third-order valence-corrected chi connectivity index (χ3v) is 4.76. The Morgan fingerprint density at radius 1 is 1.19 bits per heavy atom. The molecule has 0 radical (unpaired) electrons. The molecule has 3 aromatic heterocycles. The number of fused-ring (bicyclic) bond motifs is 1. The van der Waals surface area contributed by atoms with Crippen molar-refractivity contribution in [3.8, 4) is 17.2 Å². The van der Waals surface area contributed by atoms with Crippen LogP contribution in [0.1, 0.15) is 16.2 Å². The fraction of sp³-hybridized carbons (Fsp3) is 0.0588. The maximum Gasteiger partial charge on any atom is 0.341 e. The monoisotopic (exact) mass is 369 g/mol. The molecule has 0 bridgehead atoms. The van der Waals surface area contributed by atoms with E-state index in [0.717, 1.165) is 16.9 Å². The Morgan fingerprint density at radius 2 is 1.96 bits per heavy atom. The zero-order valence-corrected chi connectivity index (χ0v) is 13.9. The highest BCUT2D eigenvalue weighted by molar-refractivity contribution is 7.17. The molecule has 0 aliphatic heterocycles. The fourth-order valence-electron chi connectivity index (χ4n) is 2.66. The highest BCUT2D eigenvalue weighted by atomic mass is 32.1. The second-order valence-corrected chi connectivity index (χ2v) is 6.34. The van der Waals surface area contributed by atoms with E-state index >= 15 is 0 Å². The Kier molecular flexibility index (Phi) is 3.77. The zero-order valence-electron chi connectivity index (χ0n) is 13.1. The van der Waals surface area contributed by atoms with Gasteiger partial charge in [0.2, 0.25) is 11.8 Å². The van der Waals surface area contributed by atoms with Crippen LogP contribution in [0.2, 0.25) is 0 Å². The molecule has 0 saturated carbocycles. The standard InChI is InChI=1S/C17H11N3O5S/c21-13-12(17(23)24)14-10(6-7-26-14)20(16(13)22)8-11-18-19-15(25-11)9-4-2-1-3-5-9/h1-7,21H,8H2,(H,23,24). The van der Waals surface area contributed by atoms with Gasteiger partial charge in [-0.05, 0) is 23.6 Å². The van der Waals surface area contributed by atoms with Gasteiger partial charge in [0.05, 0.1) is 10.2 Å². The van der Waals surface area contributed by atoms with Gasteiger partial charge in [0.15, 0.2) is 5.75 Å². The highest BCUT2D eigenvalue weighted by Gasteiger charge is 2.23. The lowest BCUT2D eigenvalue weighted by Crippen LogP contribution is -2.23. The van der Waals surface area contributed by atoms with E-state index in [2.05, 4.69) is 10.2 Å². The van der Waals surface area contributed by atoms with Gasteiger partial charge in [0.25, 0.3) is 5.56 Å². The van der Waals surface area contributed by atoms with Crippen LogP contribution in [-0.2, 0) is 6.54 Å². The van der Waals surface area contributed by atoms with Crippen LogP contribution in [0.5, 0.6) is 5.75 Å². The molecule has 0 aliphatic carbocycles. The molecule has 8 nitrogen and oxygen atoms in total. The molecule has 3 heterocycles. The Morgan fingerprint density at radius 3 is 2.69 bits per heavy atom. The van der Waals surface area contributed by atoms with Crippen LogP contribution in [0.25, 0.3) is 21.7 Å². The first-order valence-corrected chi connectivity index (χ1v) is 8.38. The number of aromatic hydroxyl groups is 1. The molecular weight excluding hydrogens is 358 g/mol. The van der Waals surface area contributed by atoms with Crippen LogP contribution in [0, 0.1) is 0 Å². The van der Waals surface area contributed by atoms with Crippen molar-refractivity contribution in [2.45, 2.75) is 6.54 Å². The third-order valence-electron chi connectivity index (χ3n) is 3.84. The fourth-order valence-corrected chi connectivity index (χ4v) is 3.59. The van der Waals surface area contributed by atoms with Crippen LogP contribution in [0.4, 0.5) is 0 Å². The van der Waals surface area contributed by atoms with E-state index in [1.807, 2.05) is 30.3 Å². The number of benzene rings is 1. The minimum absolute atomic E-state index is 0.0840. The van der Waals surface area contributed by atoms with Crippen molar-refractivity contribution < 1.29 is 19.4 Å². The normalized spacial score (nSPS) is 11.1. The minimum atomic E-state index is -1.36. The number of nitrogens with zero attached hydrogens (tertiary/aromatic N) is 3. The van der Waals surface area contributed by atoms with Gasteiger partial charge < -0.3 is 14.6 Å². The number of hydrogen-bond donors (Lipinski definition) is 2. The lowest BCUT2D eigenvalue weighted by atomic mass is 10.2. The molecule has 4 rings (SSSR count). The lowest BCUT2D eigenvalue weighted by Gasteiger charge is -2.08. The molecular formula is C17H11N3O5S. The molecule has 0 atom stereocenters. The molecule has 0 unspecified atom stereocenters. The van der Waals surface area contributed by atoms with Crippen molar-refractivity contribution in [1.29, 1.82) is 0 Å². The predicted octanol–water partition coefficient (Wildman–Crippen LogP) is 2.57. The number of hydrogen-bond acceptors (Lipinski definition) is 7. The van der Waals surface area contributed by atoms with Gasteiger partial charge in [0.1, 0.15) is 12.1 Å². The first kappa shape index (κ1) is 16.0. The van der Waals surface area contributed by atoms with E-state index in [1.165, 1.54) is 4.57 Å². The molecule has 130 valence electrons. The van der Waals surface area contributed by atoms with Gasteiger partial charge in [-0.2, -0.15) is 0 Å². The summed E-state index contributed by atoms with van der Waals surface area (Å²) in [6, 6.07) is 10.8. The van der Waals surface area contributed by atoms with E-state index < -0.39 is 22.8 Å². The van der Waals surface area contributed by atoms with Crippen LogP contribution < -0.4 is 5.56 Å². The summed E-state index contributed by atoms with van der Waals surface area (Å²) in [6.07, 6.45) is 0. The van der Waals surface area contributed by atoms with Gasteiger partial charge in [0, 0.05) is 5.56 Å². The summed E-state index contributed by atoms with van der Waals surface area (Å²) < 4.78 is 7.12. The van der Waals surface area contributed by atoms with Crippen molar-refractivity contribution >= 4 is 27.5 Å². The lowest BCUT2D eigenvalue weighted by molar-refractivity contribution is 0.0695. The van der Waals surface area contributed by atoms with E-state index in [9.17, 15) is 19.8 Å². The molecule has 0 saturated heterocycles. The number of carboxylic acid groups (broad SMARTS) is 1. The second-order valence-electron chi connectivity index (χ2n) is 5.42. The number of rotatable bonds is 4. The Hall–Kier alpha value is -3.46. The summed E-state index contributed by atoms with van der Waals surface area (Å²) in [5.41, 5.74) is -0.0995. The first-order chi connectivity index (χ1) is 12.6. The Balaban J connectivity index is 1.80. The number of carbonyl (C=O) groups is 1. The van der Waals surface area contributed by atoms with Gasteiger partial charge >= 0.3 is 5.97 Å². The zero-order chi connectivity index (χ0) is 18.3. The number of pyridine rings is 1. The molecule has 0 fully saturated rings. The Labute approximate surface area is 149 Å². The minimum Gasteiger partial charge on any atom is -0.502 e. The predicted molar refractivity (Wildman–Crippen MR) is 93.5 cm³/mol. The van der Waals surface area contributed by atoms with E-state index in [4.69, 9.17) is 4.42 Å². The average Bonchev–Trinajstić information content (AvgIpc) is 3.29. The van der Waals surface area contributed by atoms with Gasteiger partial charge in [-0.1, -0.05) is 18.2 Å². The molecule has 0 amide bonds. The SMILES string of the molecule is O=C(O)c1c(O)c(=O)n(Cc2nnc(-c3ccccc3)o2)c2ccsc12. The quantitative estimate of drug-likeness (QED) is 0.567. The molecule has 2 N–H and O–H groups in total. The Bertz CT molecular complexity index is 1180. The van der Waals surface area contributed by atoms with Crippen LogP contribution in [0.3, 0.4) is 0 Å². The van der Waals surface area contributed by atoms with Gasteiger partial charge in [-0.25, -0.2) is 4.79 Å². The maximum atomic E-state index is 12.5. The van der Waals surface area contributed by atoms with Crippen LogP contribution in [-0.4, -0.2) is 30.9 Å². The first-order valence-electron chi connectivity index (χ1n) is 7.50. The van der Waals surface area contributed by atoms with Crippen molar-refractivity contribution in [1.82, 2.24) is 14.8 Å². The largest absolute Gasteiger partial charge is 0.502 e. The van der Waals surface area contributed by atoms with E-state index in [1.54, 1.807) is 11.4 Å². The van der Waals surface area contributed by atoms with Crippen LogP contribution >= 0.6 is 11.3 Å². The van der Waals surface area contributed by atoms with Gasteiger partial charge in [-0.15, -0.1) is 21.5 Å². The average molecular weight is 369 g/mol. The highest BCUT2D eigenvalue weighted by Crippen LogP contribution is 2.29. The molecule has 9 heteroatoms. The third kappa shape index (κ3) is 2.54. The molecule has 26 heavy (non-hydrogen) atoms. The van der Waals surface area contributed by atoms with Crippen molar-refractivity contribution in [2.75, 3.05) is 0 Å². The van der Waals surface area contributed by atoms with Crippen molar-refractivity contribution in [2.24, 2.45) is 0 Å². The summed E-state index contributed by atoms with van der Waals surface area (Å²) >= 11 is 1.12. The molecule has 4 aromatic rings. The maximum absolute atomic E-state index is 12.5. The molecule has 1 aromatic carbocycles. The van der Waals surface area contributed by atoms with Crippen LogP contribution in [0.15, 0.2) is 51.0 Å². The molecule has 0 aliphatic rings. The number of thiophene rings is 1. The van der Waals surface area contributed by atoms with Gasteiger partial charge in [-0.3, -0.25) is 9.36 Å². The van der Waals surface area contributed by atoms with Crippen molar-refractivity contribution in [3.63, 3.8) is 0 Å². The van der Waals surface area contributed by atoms with E-state index in [-0.39, 0.29) is 12.4 Å². The summed E-state index contributed by atoms with van der Waals surface area (Å²) in [4.78, 5) is 23.8. The van der Waals surface area contributed by atoms with Crippen molar-refractivity contribution in [3.05, 3.63) is 63.6 Å². The smallest absolute Gasteiger partial charge is 0.341 e. The summed E-state index contributed by atoms with van der Waals surface area (Å²) in [6.45, 7) is -0.0840. The van der Waals surface area contributed by atoms with E-state index in [0.29, 0.717) is 16.1 Å². The number of carboxylic acids is 1. The second kappa shape index (κ2) is 6.12. The summed E-state index contributed by atoms with van der Waals surface area (Å²) in [5, 5.41) is 28.9.